The van der Waals surface area contributed by atoms with Gasteiger partial charge < -0.3 is 10.4 Å². The van der Waals surface area contributed by atoms with Crippen molar-refractivity contribution in [1.29, 1.82) is 0 Å². The molecular weight excluding hydrogens is 222 g/mol. The van der Waals surface area contributed by atoms with Crippen LogP contribution in [0.5, 0.6) is 0 Å². The molecule has 0 aliphatic carbocycles. The van der Waals surface area contributed by atoms with Crippen LogP contribution in [-0.2, 0) is 6.42 Å². The van der Waals surface area contributed by atoms with E-state index in [1.54, 1.807) is 0 Å². The molecule has 0 aliphatic rings. The van der Waals surface area contributed by atoms with Crippen LogP contribution in [0.25, 0.3) is 0 Å². The summed E-state index contributed by atoms with van der Waals surface area (Å²) >= 11 is 0. The van der Waals surface area contributed by atoms with E-state index in [4.69, 9.17) is 0 Å². The summed E-state index contributed by atoms with van der Waals surface area (Å²) in [6, 6.07) is 11.1. The van der Waals surface area contributed by atoms with Crippen molar-refractivity contribution in [2.24, 2.45) is 0 Å². The summed E-state index contributed by atoms with van der Waals surface area (Å²) in [6.07, 6.45) is 5.68. The molecule has 0 saturated carbocycles. The van der Waals surface area contributed by atoms with Gasteiger partial charge >= 0.3 is 0 Å². The van der Waals surface area contributed by atoms with Gasteiger partial charge in [-0.25, -0.2) is 0 Å². The minimum absolute atomic E-state index is 0.176. The average molecular weight is 249 g/mol. The van der Waals surface area contributed by atoms with E-state index in [0.29, 0.717) is 6.04 Å². The molecule has 0 radical (unpaired) electrons. The van der Waals surface area contributed by atoms with Crippen molar-refractivity contribution in [3.05, 3.63) is 35.9 Å². The van der Waals surface area contributed by atoms with Gasteiger partial charge in [-0.15, -0.1) is 0 Å². The van der Waals surface area contributed by atoms with Crippen molar-refractivity contribution in [3.63, 3.8) is 0 Å². The highest BCUT2D eigenvalue weighted by Crippen LogP contribution is 2.09. The molecule has 0 fully saturated rings. The van der Waals surface area contributed by atoms with Crippen LogP contribution in [0.15, 0.2) is 30.3 Å². The van der Waals surface area contributed by atoms with Crippen LogP contribution in [0, 0.1) is 0 Å². The highest BCUT2D eigenvalue weighted by Gasteiger charge is 2.13. The van der Waals surface area contributed by atoms with Gasteiger partial charge in [0, 0.05) is 12.1 Å². The van der Waals surface area contributed by atoms with Crippen LogP contribution in [-0.4, -0.2) is 23.8 Å². The lowest BCUT2D eigenvalue weighted by atomic mass is 10.0. The average Bonchev–Trinajstić information content (AvgIpc) is 2.39. The van der Waals surface area contributed by atoms with E-state index in [1.165, 1.54) is 31.2 Å². The topological polar surface area (TPSA) is 32.3 Å². The van der Waals surface area contributed by atoms with Gasteiger partial charge in [0.05, 0.1) is 6.61 Å². The molecule has 2 nitrogen and oxygen atoms in total. The van der Waals surface area contributed by atoms with Crippen molar-refractivity contribution in [3.8, 4) is 0 Å². The number of aliphatic hydroxyl groups excluding tert-OH is 1. The molecular formula is C16H27NO. The first-order valence-corrected chi connectivity index (χ1v) is 7.21. The second-order valence-electron chi connectivity index (χ2n) is 5.01. The van der Waals surface area contributed by atoms with E-state index >= 15 is 0 Å². The molecule has 1 rings (SSSR count). The van der Waals surface area contributed by atoms with Crippen molar-refractivity contribution in [1.82, 2.24) is 5.32 Å². The zero-order valence-corrected chi connectivity index (χ0v) is 11.7. The van der Waals surface area contributed by atoms with E-state index in [0.717, 1.165) is 6.42 Å². The van der Waals surface area contributed by atoms with Gasteiger partial charge in [0.25, 0.3) is 0 Å². The van der Waals surface area contributed by atoms with Crippen LogP contribution in [0.4, 0.5) is 0 Å². The van der Waals surface area contributed by atoms with Gasteiger partial charge in [0.15, 0.2) is 0 Å². The molecule has 0 aromatic heterocycles. The Balaban J connectivity index is 2.49. The summed E-state index contributed by atoms with van der Waals surface area (Å²) in [7, 11) is 0. The molecule has 1 aromatic carbocycles. The van der Waals surface area contributed by atoms with E-state index < -0.39 is 0 Å². The van der Waals surface area contributed by atoms with Crippen LogP contribution in [0.1, 0.15) is 45.1 Å². The van der Waals surface area contributed by atoms with Crippen LogP contribution in [0.2, 0.25) is 0 Å². The predicted octanol–water partition coefficient (Wildman–Crippen LogP) is 3.15. The van der Waals surface area contributed by atoms with E-state index in [-0.39, 0.29) is 12.6 Å². The molecule has 0 amide bonds. The van der Waals surface area contributed by atoms with Gasteiger partial charge in [-0.2, -0.15) is 0 Å². The fourth-order valence-corrected chi connectivity index (χ4v) is 2.42. The maximum atomic E-state index is 9.51. The monoisotopic (exact) mass is 249 g/mol. The standard InChI is InChI=1S/C16H27NO/c1-3-8-15(9-4-2)17-16(13-18)12-14-10-6-5-7-11-14/h5-7,10-11,15-18H,3-4,8-9,12-13H2,1-2H3/t16-/m0/s1. The van der Waals surface area contributed by atoms with Gasteiger partial charge in [-0.3, -0.25) is 0 Å². The van der Waals surface area contributed by atoms with E-state index in [9.17, 15) is 5.11 Å². The zero-order valence-electron chi connectivity index (χ0n) is 11.7. The Kier molecular flexibility index (Phi) is 7.70. The minimum Gasteiger partial charge on any atom is -0.395 e. The number of aliphatic hydroxyl groups is 1. The lowest BCUT2D eigenvalue weighted by Gasteiger charge is -2.24. The van der Waals surface area contributed by atoms with Crippen molar-refractivity contribution < 1.29 is 5.11 Å². The smallest absolute Gasteiger partial charge is 0.0587 e. The first-order chi connectivity index (χ1) is 8.80. The van der Waals surface area contributed by atoms with E-state index in [1.807, 2.05) is 6.07 Å². The Hall–Kier alpha value is -0.860. The second kappa shape index (κ2) is 9.12. The summed E-state index contributed by atoms with van der Waals surface area (Å²) in [5.74, 6) is 0. The molecule has 0 spiro atoms. The van der Waals surface area contributed by atoms with Crippen LogP contribution < -0.4 is 5.32 Å². The predicted molar refractivity (Wildman–Crippen MR) is 77.8 cm³/mol. The summed E-state index contributed by atoms with van der Waals surface area (Å²) in [5, 5.41) is 13.1. The molecule has 0 aliphatic heterocycles. The molecule has 102 valence electrons. The lowest BCUT2D eigenvalue weighted by molar-refractivity contribution is 0.224. The fraction of sp³-hybridized carbons (Fsp3) is 0.625. The normalized spacial score (nSPS) is 12.9. The minimum atomic E-state index is 0.176. The van der Waals surface area contributed by atoms with Crippen LogP contribution in [0.3, 0.4) is 0 Å². The Morgan fingerprint density at radius 2 is 1.61 bits per heavy atom. The van der Waals surface area contributed by atoms with Crippen molar-refractivity contribution in [2.45, 2.75) is 58.0 Å². The Morgan fingerprint density at radius 3 is 2.11 bits per heavy atom. The number of benzene rings is 1. The third-order valence-corrected chi connectivity index (χ3v) is 3.29. The largest absolute Gasteiger partial charge is 0.395 e. The Bertz CT molecular complexity index is 293. The number of hydrogen-bond donors (Lipinski definition) is 2. The third-order valence-electron chi connectivity index (χ3n) is 3.29. The highest BCUT2D eigenvalue weighted by molar-refractivity contribution is 5.15. The first-order valence-electron chi connectivity index (χ1n) is 7.21. The van der Waals surface area contributed by atoms with Gasteiger partial charge in [-0.05, 0) is 24.8 Å². The molecule has 0 saturated heterocycles. The molecule has 2 N–H and O–H groups in total. The third kappa shape index (κ3) is 5.65. The molecule has 18 heavy (non-hydrogen) atoms. The molecule has 2 heteroatoms. The molecule has 0 bridgehead atoms. The summed E-state index contributed by atoms with van der Waals surface area (Å²) in [4.78, 5) is 0. The fourth-order valence-electron chi connectivity index (χ4n) is 2.42. The van der Waals surface area contributed by atoms with E-state index in [2.05, 4.69) is 43.4 Å². The van der Waals surface area contributed by atoms with Gasteiger partial charge in [0.1, 0.15) is 0 Å². The Morgan fingerprint density at radius 1 is 1.00 bits per heavy atom. The number of rotatable bonds is 9. The maximum Gasteiger partial charge on any atom is 0.0587 e. The maximum absolute atomic E-state index is 9.51. The van der Waals surface area contributed by atoms with Crippen molar-refractivity contribution in [2.75, 3.05) is 6.61 Å². The van der Waals surface area contributed by atoms with Crippen LogP contribution >= 0.6 is 0 Å². The zero-order chi connectivity index (χ0) is 13.2. The number of hydrogen-bond acceptors (Lipinski definition) is 2. The quantitative estimate of drug-likeness (QED) is 0.704. The summed E-state index contributed by atoms with van der Waals surface area (Å²) in [6.45, 7) is 4.64. The SMILES string of the molecule is CCCC(CCC)N[C@H](CO)Cc1ccccc1. The summed E-state index contributed by atoms with van der Waals surface area (Å²) < 4.78 is 0. The van der Waals surface area contributed by atoms with Gasteiger partial charge in [-0.1, -0.05) is 57.0 Å². The lowest BCUT2D eigenvalue weighted by Crippen LogP contribution is -2.41. The molecule has 0 unspecified atom stereocenters. The van der Waals surface area contributed by atoms with Gasteiger partial charge in [0.2, 0.25) is 0 Å². The Labute approximate surface area is 111 Å². The second-order valence-corrected chi connectivity index (χ2v) is 5.01. The van der Waals surface area contributed by atoms with Crippen molar-refractivity contribution >= 4 is 0 Å². The molecule has 0 heterocycles. The summed E-state index contributed by atoms with van der Waals surface area (Å²) in [5.41, 5.74) is 1.29. The number of nitrogens with one attached hydrogen (secondary N) is 1. The highest BCUT2D eigenvalue weighted by atomic mass is 16.3. The molecule has 1 aromatic rings. The molecule has 1 atom stereocenters. The first kappa shape index (κ1) is 15.2.